The number of amides is 2. The molecule has 2 atom stereocenters. The van der Waals surface area contributed by atoms with Gasteiger partial charge >= 0.3 is 6.18 Å². The Morgan fingerprint density at radius 2 is 1.86 bits per heavy atom. The number of nitrogens with one attached hydrogen (secondary N) is 2. The number of hydrogen-bond donors (Lipinski definition) is 2. The van der Waals surface area contributed by atoms with E-state index in [2.05, 4.69) is 10.6 Å². The van der Waals surface area contributed by atoms with Crippen LogP contribution in [-0.4, -0.2) is 18.4 Å². The van der Waals surface area contributed by atoms with Crippen LogP contribution in [0.2, 0.25) is 0 Å². The van der Waals surface area contributed by atoms with Gasteiger partial charge in [-0.2, -0.15) is 13.2 Å². The van der Waals surface area contributed by atoms with Crippen molar-refractivity contribution >= 4 is 11.8 Å². The highest BCUT2D eigenvalue weighted by Crippen LogP contribution is 2.34. The molecule has 2 aromatic rings. The summed E-state index contributed by atoms with van der Waals surface area (Å²) in [6.07, 6.45) is -4.56. The highest BCUT2D eigenvalue weighted by molar-refractivity contribution is 6.03. The van der Waals surface area contributed by atoms with Gasteiger partial charge in [-0.3, -0.25) is 9.59 Å². The minimum atomic E-state index is -4.56. The van der Waals surface area contributed by atoms with Crippen LogP contribution in [-0.2, 0) is 22.3 Å². The topological polar surface area (TPSA) is 58.2 Å². The zero-order chi connectivity index (χ0) is 20.5. The van der Waals surface area contributed by atoms with Crippen molar-refractivity contribution in [3.05, 3.63) is 70.8 Å². The Kier molecular flexibility index (Phi) is 5.35. The molecule has 1 saturated heterocycles. The van der Waals surface area contributed by atoms with Gasteiger partial charge in [0.2, 0.25) is 11.8 Å². The molecular weight excluding hydrogens is 383 g/mol. The molecule has 1 fully saturated rings. The average Bonchev–Trinajstić information content (AvgIpc) is 3.04. The van der Waals surface area contributed by atoms with Gasteiger partial charge in [-0.25, -0.2) is 8.78 Å². The number of alkyl halides is 3. The molecule has 9 heteroatoms. The molecule has 0 spiro atoms. The number of carbonyl (C=O) groups is 2. The molecule has 0 aliphatic carbocycles. The number of benzene rings is 2. The van der Waals surface area contributed by atoms with Gasteiger partial charge in [-0.05, 0) is 17.7 Å². The van der Waals surface area contributed by atoms with Gasteiger partial charge in [-0.15, -0.1) is 0 Å². The zero-order valence-electron chi connectivity index (χ0n) is 14.3. The van der Waals surface area contributed by atoms with E-state index >= 15 is 0 Å². The van der Waals surface area contributed by atoms with Gasteiger partial charge in [0, 0.05) is 24.6 Å². The standard InChI is InChI=1S/C19H15F5N2O2/c20-14-6-2-4-11(16(14)21)8-25-17(27)15-13(9-26-18(15)28)10-3-1-5-12(7-10)19(22,23)24/h1-7,13,15H,8-9H2,(H,25,27)(H,26,28)/t13-,15+/m1/s1. The van der Waals surface area contributed by atoms with E-state index in [0.29, 0.717) is 0 Å². The molecule has 1 aliphatic heterocycles. The molecule has 28 heavy (non-hydrogen) atoms. The van der Waals surface area contributed by atoms with Crippen LogP contribution >= 0.6 is 0 Å². The number of halogens is 5. The summed E-state index contributed by atoms with van der Waals surface area (Å²) in [4.78, 5) is 24.6. The summed E-state index contributed by atoms with van der Waals surface area (Å²) in [7, 11) is 0. The van der Waals surface area contributed by atoms with Gasteiger partial charge in [0.1, 0.15) is 5.92 Å². The summed E-state index contributed by atoms with van der Waals surface area (Å²) >= 11 is 0. The zero-order valence-corrected chi connectivity index (χ0v) is 14.3. The van der Waals surface area contributed by atoms with Crippen molar-refractivity contribution in [2.75, 3.05) is 6.54 Å². The fraction of sp³-hybridized carbons (Fsp3) is 0.263. The highest BCUT2D eigenvalue weighted by Gasteiger charge is 2.41. The molecule has 2 N–H and O–H groups in total. The third-order valence-corrected chi connectivity index (χ3v) is 4.59. The fourth-order valence-corrected chi connectivity index (χ4v) is 3.16. The molecule has 0 unspecified atom stereocenters. The first-order valence-electron chi connectivity index (χ1n) is 8.34. The van der Waals surface area contributed by atoms with Crippen molar-refractivity contribution in [2.24, 2.45) is 5.92 Å². The van der Waals surface area contributed by atoms with E-state index in [0.717, 1.165) is 18.2 Å². The highest BCUT2D eigenvalue weighted by atomic mass is 19.4. The number of carbonyl (C=O) groups excluding carboxylic acids is 2. The molecular formula is C19H15F5N2O2. The van der Waals surface area contributed by atoms with E-state index in [9.17, 15) is 31.5 Å². The largest absolute Gasteiger partial charge is 0.416 e. The molecule has 2 amide bonds. The quantitative estimate of drug-likeness (QED) is 0.614. The van der Waals surface area contributed by atoms with Crippen LogP contribution in [0.1, 0.15) is 22.6 Å². The molecule has 3 rings (SSSR count). The van der Waals surface area contributed by atoms with Crippen molar-refractivity contribution in [1.82, 2.24) is 10.6 Å². The first-order valence-corrected chi connectivity index (χ1v) is 8.34. The third kappa shape index (κ3) is 3.97. The first-order chi connectivity index (χ1) is 13.2. The first kappa shape index (κ1) is 19.8. The number of hydrogen-bond acceptors (Lipinski definition) is 2. The van der Waals surface area contributed by atoms with E-state index in [4.69, 9.17) is 0 Å². The van der Waals surface area contributed by atoms with Crippen LogP contribution < -0.4 is 10.6 Å². The van der Waals surface area contributed by atoms with Crippen molar-refractivity contribution in [1.29, 1.82) is 0 Å². The van der Waals surface area contributed by atoms with E-state index in [1.807, 2.05) is 0 Å². The summed E-state index contributed by atoms with van der Waals surface area (Å²) in [5.41, 5.74) is -0.807. The van der Waals surface area contributed by atoms with Crippen molar-refractivity contribution in [3.63, 3.8) is 0 Å². The minimum Gasteiger partial charge on any atom is -0.355 e. The van der Waals surface area contributed by atoms with Crippen LogP contribution in [0.25, 0.3) is 0 Å². The predicted octanol–water partition coefficient (Wildman–Crippen LogP) is 3.13. The Labute approximate surface area is 156 Å². The summed E-state index contributed by atoms with van der Waals surface area (Å²) in [6, 6.07) is 7.89. The minimum absolute atomic E-state index is 0.00738. The molecule has 1 heterocycles. The van der Waals surface area contributed by atoms with Gasteiger partial charge in [-0.1, -0.05) is 30.3 Å². The predicted molar refractivity (Wildman–Crippen MR) is 88.9 cm³/mol. The lowest BCUT2D eigenvalue weighted by atomic mass is 9.87. The SMILES string of the molecule is O=C(NCc1cccc(F)c1F)[C@H]1C(=O)NC[C@@H]1c1cccc(C(F)(F)F)c1. The third-order valence-electron chi connectivity index (χ3n) is 4.59. The summed E-state index contributed by atoms with van der Waals surface area (Å²) in [5, 5.41) is 4.82. The lowest BCUT2D eigenvalue weighted by molar-refractivity contribution is -0.137. The molecule has 2 aromatic carbocycles. The smallest absolute Gasteiger partial charge is 0.355 e. The van der Waals surface area contributed by atoms with Crippen LogP contribution in [0.15, 0.2) is 42.5 Å². The van der Waals surface area contributed by atoms with Gasteiger partial charge in [0.25, 0.3) is 0 Å². The normalized spacial score (nSPS) is 19.4. The Bertz CT molecular complexity index is 913. The van der Waals surface area contributed by atoms with Crippen molar-refractivity contribution in [2.45, 2.75) is 18.6 Å². The lowest BCUT2D eigenvalue weighted by Crippen LogP contribution is -2.37. The van der Waals surface area contributed by atoms with E-state index < -0.39 is 47.0 Å². The summed E-state index contributed by atoms with van der Waals surface area (Å²) in [5.74, 6) is -5.70. The van der Waals surface area contributed by atoms with Crippen molar-refractivity contribution < 1.29 is 31.5 Å². The van der Waals surface area contributed by atoms with Gasteiger partial charge < -0.3 is 10.6 Å². The maximum Gasteiger partial charge on any atom is 0.416 e. The molecule has 148 valence electrons. The second kappa shape index (κ2) is 7.57. The molecule has 0 bridgehead atoms. The van der Waals surface area contributed by atoms with E-state index in [1.165, 1.54) is 24.3 Å². The van der Waals surface area contributed by atoms with Gasteiger partial charge in [0.05, 0.1) is 5.56 Å². The second-order valence-corrected chi connectivity index (χ2v) is 6.38. The molecule has 4 nitrogen and oxygen atoms in total. The van der Waals surface area contributed by atoms with E-state index in [-0.39, 0.29) is 24.2 Å². The lowest BCUT2D eigenvalue weighted by Gasteiger charge is -2.18. The van der Waals surface area contributed by atoms with Crippen LogP contribution in [0.4, 0.5) is 22.0 Å². The molecule has 1 aliphatic rings. The maximum absolute atomic E-state index is 13.7. The number of rotatable bonds is 4. The second-order valence-electron chi connectivity index (χ2n) is 6.38. The Morgan fingerprint density at radius 1 is 1.14 bits per heavy atom. The van der Waals surface area contributed by atoms with Crippen LogP contribution in [0.3, 0.4) is 0 Å². The summed E-state index contributed by atoms with van der Waals surface area (Å²) in [6.45, 7) is -0.367. The van der Waals surface area contributed by atoms with Crippen molar-refractivity contribution in [3.8, 4) is 0 Å². The average molecular weight is 398 g/mol. The van der Waals surface area contributed by atoms with Crippen LogP contribution in [0.5, 0.6) is 0 Å². The van der Waals surface area contributed by atoms with Crippen LogP contribution in [0, 0.1) is 17.6 Å². The molecule has 0 radical (unpaired) electrons. The van der Waals surface area contributed by atoms with E-state index in [1.54, 1.807) is 0 Å². The summed E-state index contributed by atoms with van der Waals surface area (Å²) < 4.78 is 65.7. The van der Waals surface area contributed by atoms with Gasteiger partial charge in [0.15, 0.2) is 11.6 Å². The Hall–Kier alpha value is -2.97. The molecule has 0 saturated carbocycles. The monoisotopic (exact) mass is 398 g/mol. The maximum atomic E-state index is 13.7. The Morgan fingerprint density at radius 3 is 2.57 bits per heavy atom. The Balaban J connectivity index is 1.79. The molecule has 0 aromatic heterocycles. The fourth-order valence-electron chi connectivity index (χ4n) is 3.16.